The monoisotopic (exact) mass is 399 g/mol. The van der Waals surface area contributed by atoms with Gasteiger partial charge in [-0.2, -0.15) is 0 Å². The van der Waals surface area contributed by atoms with Crippen molar-refractivity contribution in [1.82, 2.24) is 9.80 Å². The zero-order valence-corrected chi connectivity index (χ0v) is 15.6. The normalized spacial score (nSPS) is 16.2. The van der Waals surface area contributed by atoms with Crippen molar-refractivity contribution in [2.24, 2.45) is 5.14 Å². The Hall–Kier alpha value is -1.74. The first kappa shape index (κ1) is 19.0. The van der Waals surface area contributed by atoms with Crippen LogP contribution in [0.3, 0.4) is 0 Å². The molecule has 140 valence electrons. The van der Waals surface area contributed by atoms with Gasteiger partial charge in [-0.05, 0) is 40.6 Å². The number of halogens is 2. The van der Waals surface area contributed by atoms with Gasteiger partial charge in [0.2, 0.25) is 15.9 Å². The van der Waals surface area contributed by atoms with Gasteiger partial charge in [0.15, 0.2) is 0 Å². The van der Waals surface area contributed by atoms with E-state index in [1.807, 2.05) is 0 Å². The first-order valence-corrected chi connectivity index (χ1v) is 10.2. The molecular weight excluding hydrogens is 381 g/mol. The molecule has 1 aliphatic heterocycles. The summed E-state index contributed by atoms with van der Waals surface area (Å²) in [6.07, 6.45) is 0. The van der Waals surface area contributed by atoms with Crippen LogP contribution < -0.4 is 5.14 Å². The molecule has 0 bridgehead atoms. The highest BCUT2D eigenvalue weighted by Gasteiger charge is 2.21. The summed E-state index contributed by atoms with van der Waals surface area (Å²) < 4.78 is 37.0. The van der Waals surface area contributed by atoms with Crippen LogP contribution in [0, 0.1) is 5.82 Å². The maximum Gasteiger partial charge on any atom is 0.238 e. The standard InChI is InChI=1S/C17H19ClFN3O3S/c18-10-17(23)22-5-3-21(4-6-22)11-13-8-14(19)7-12-9-15(26(20,24)25)1-2-16(12)13/h1-2,7-9H,3-6,10-11H2,(H2,20,24,25). The van der Waals surface area contributed by atoms with Crippen LogP contribution in [0.2, 0.25) is 0 Å². The number of nitrogens with zero attached hydrogens (tertiary/aromatic N) is 2. The highest BCUT2D eigenvalue weighted by molar-refractivity contribution is 7.89. The average molecular weight is 400 g/mol. The molecule has 0 spiro atoms. The van der Waals surface area contributed by atoms with Crippen molar-refractivity contribution in [3.63, 3.8) is 0 Å². The molecular formula is C17H19ClFN3O3S. The van der Waals surface area contributed by atoms with Crippen LogP contribution in [0.15, 0.2) is 35.2 Å². The van der Waals surface area contributed by atoms with Crippen molar-refractivity contribution < 1.29 is 17.6 Å². The van der Waals surface area contributed by atoms with E-state index in [0.29, 0.717) is 38.1 Å². The molecule has 0 radical (unpaired) electrons. The van der Waals surface area contributed by atoms with Crippen LogP contribution in [-0.4, -0.2) is 56.2 Å². The lowest BCUT2D eigenvalue weighted by Crippen LogP contribution is -2.48. The Bertz CT molecular complexity index is 944. The van der Waals surface area contributed by atoms with Gasteiger partial charge < -0.3 is 4.90 Å². The fourth-order valence-corrected chi connectivity index (χ4v) is 3.89. The molecule has 2 aromatic rings. The summed E-state index contributed by atoms with van der Waals surface area (Å²) in [7, 11) is -3.85. The Kier molecular flexibility index (Phi) is 5.47. The molecule has 6 nitrogen and oxygen atoms in total. The van der Waals surface area contributed by atoms with Gasteiger partial charge in [-0.3, -0.25) is 9.69 Å². The number of rotatable bonds is 4. The van der Waals surface area contributed by atoms with Crippen molar-refractivity contribution >= 4 is 38.3 Å². The summed E-state index contributed by atoms with van der Waals surface area (Å²) in [6, 6.07) is 7.21. The summed E-state index contributed by atoms with van der Waals surface area (Å²) in [4.78, 5) is 15.4. The third-order valence-electron chi connectivity index (χ3n) is 4.54. The molecule has 1 fully saturated rings. The number of primary sulfonamides is 1. The van der Waals surface area contributed by atoms with E-state index in [1.165, 1.54) is 24.3 Å². The van der Waals surface area contributed by atoms with Gasteiger partial charge in [-0.1, -0.05) is 6.07 Å². The lowest BCUT2D eigenvalue weighted by atomic mass is 10.0. The number of amides is 1. The highest BCUT2D eigenvalue weighted by atomic mass is 35.5. The van der Waals surface area contributed by atoms with E-state index in [1.54, 1.807) is 11.0 Å². The average Bonchev–Trinajstić information content (AvgIpc) is 2.60. The minimum Gasteiger partial charge on any atom is -0.339 e. The third-order valence-corrected chi connectivity index (χ3v) is 5.68. The van der Waals surface area contributed by atoms with E-state index in [2.05, 4.69) is 4.90 Å². The molecule has 2 aromatic carbocycles. The van der Waals surface area contributed by atoms with E-state index in [4.69, 9.17) is 16.7 Å². The van der Waals surface area contributed by atoms with Crippen LogP contribution in [0.1, 0.15) is 5.56 Å². The Morgan fingerprint density at radius 3 is 2.46 bits per heavy atom. The molecule has 2 N–H and O–H groups in total. The molecule has 1 saturated heterocycles. The van der Waals surface area contributed by atoms with Gasteiger partial charge in [0.1, 0.15) is 11.7 Å². The minimum absolute atomic E-state index is 0.0269. The van der Waals surface area contributed by atoms with Crippen LogP contribution in [-0.2, 0) is 21.4 Å². The molecule has 26 heavy (non-hydrogen) atoms. The molecule has 1 heterocycles. The number of fused-ring (bicyclic) bond motifs is 1. The van der Waals surface area contributed by atoms with E-state index in [-0.39, 0.29) is 16.7 Å². The number of alkyl halides is 1. The molecule has 1 aliphatic rings. The quantitative estimate of drug-likeness (QED) is 0.790. The molecule has 0 saturated carbocycles. The highest BCUT2D eigenvalue weighted by Crippen LogP contribution is 2.25. The number of sulfonamides is 1. The Balaban J connectivity index is 1.83. The second kappa shape index (κ2) is 7.48. The zero-order valence-electron chi connectivity index (χ0n) is 14.0. The summed E-state index contributed by atoms with van der Waals surface area (Å²) >= 11 is 5.58. The Morgan fingerprint density at radius 2 is 1.85 bits per heavy atom. The summed E-state index contributed by atoms with van der Waals surface area (Å²) in [5.41, 5.74) is 0.762. The van der Waals surface area contributed by atoms with Crippen LogP contribution >= 0.6 is 11.6 Å². The van der Waals surface area contributed by atoms with Crippen LogP contribution in [0.4, 0.5) is 4.39 Å². The molecule has 1 amide bonds. The zero-order chi connectivity index (χ0) is 18.9. The molecule has 0 aromatic heterocycles. The maximum atomic E-state index is 14.0. The fraction of sp³-hybridized carbons (Fsp3) is 0.353. The van der Waals surface area contributed by atoms with Gasteiger partial charge in [-0.15, -0.1) is 11.6 Å². The number of nitrogens with two attached hydrogens (primary N) is 1. The topological polar surface area (TPSA) is 83.7 Å². The lowest BCUT2D eigenvalue weighted by molar-refractivity contribution is -0.130. The fourth-order valence-electron chi connectivity index (χ4n) is 3.18. The van der Waals surface area contributed by atoms with Crippen molar-refractivity contribution in [2.45, 2.75) is 11.4 Å². The Morgan fingerprint density at radius 1 is 1.15 bits per heavy atom. The van der Waals surface area contributed by atoms with Gasteiger partial charge in [0, 0.05) is 32.7 Å². The van der Waals surface area contributed by atoms with Crippen molar-refractivity contribution in [1.29, 1.82) is 0 Å². The predicted octanol–water partition coefficient (Wildman–Crippen LogP) is 1.51. The van der Waals surface area contributed by atoms with Gasteiger partial charge >= 0.3 is 0 Å². The molecule has 3 rings (SSSR count). The number of hydrogen-bond acceptors (Lipinski definition) is 4. The largest absolute Gasteiger partial charge is 0.339 e. The van der Waals surface area contributed by atoms with Crippen LogP contribution in [0.25, 0.3) is 10.8 Å². The first-order chi connectivity index (χ1) is 12.3. The number of carbonyl (C=O) groups is 1. The van der Waals surface area contributed by atoms with Crippen molar-refractivity contribution in [3.8, 4) is 0 Å². The van der Waals surface area contributed by atoms with Crippen LogP contribution in [0.5, 0.6) is 0 Å². The summed E-state index contributed by atoms with van der Waals surface area (Å²) in [5.74, 6) is -0.547. The van der Waals surface area contributed by atoms with Crippen molar-refractivity contribution in [3.05, 3.63) is 41.7 Å². The third kappa shape index (κ3) is 4.15. The van der Waals surface area contributed by atoms with Gasteiger partial charge in [0.05, 0.1) is 4.90 Å². The second-order valence-electron chi connectivity index (χ2n) is 6.28. The maximum absolute atomic E-state index is 14.0. The number of piperazine rings is 1. The van der Waals surface area contributed by atoms with E-state index >= 15 is 0 Å². The summed E-state index contributed by atoms with van der Waals surface area (Å²) in [5, 5.41) is 6.42. The molecule has 0 atom stereocenters. The van der Waals surface area contributed by atoms with Gasteiger partial charge in [-0.25, -0.2) is 17.9 Å². The Labute approximate surface area is 156 Å². The lowest BCUT2D eigenvalue weighted by Gasteiger charge is -2.34. The number of carbonyl (C=O) groups excluding carboxylic acids is 1. The van der Waals surface area contributed by atoms with Crippen molar-refractivity contribution in [2.75, 3.05) is 32.1 Å². The minimum atomic E-state index is -3.85. The molecule has 9 heteroatoms. The van der Waals surface area contributed by atoms with E-state index < -0.39 is 15.8 Å². The SMILES string of the molecule is NS(=O)(=O)c1ccc2c(CN3CCN(C(=O)CCl)CC3)cc(F)cc2c1. The summed E-state index contributed by atoms with van der Waals surface area (Å²) in [6.45, 7) is 2.99. The molecule has 0 unspecified atom stereocenters. The van der Waals surface area contributed by atoms with E-state index in [0.717, 1.165) is 10.9 Å². The van der Waals surface area contributed by atoms with Gasteiger partial charge in [0.25, 0.3) is 0 Å². The predicted molar refractivity (Wildman–Crippen MR) is 97.9 cm³/mol. The first-order valence-electron chi connectivity index (χ1n) is 8.09. The van der Waals surface area contributed by atoms with E-state index in [9.17, 15) is 17.6 Å². The molecule has 0 aliphatic carbocycles. The number of benzene rings is 2. The number of hydrogen-bond donors (Lipinski definition) is 1. The second-order valence-corrected chi connectivity index (χ2v) is 8.11. The smallest absolute Gasteiger partial charge is 0.238 e.